The number of hydrogen-bond acceptors (Lipinski definition) is 5. The van der Waals surface area contributed by atoms with E-state index >= 15 is 0 Å². The van der Waals surface area contributed by atoms with Gasteiger partial charge in [0.2, 0.25) is 0 Å². The molecule has 0 bridgehead atoms. The topological polar surface area (TPSA) is 54.5 Å². The molecule has 2 atom stereocenters. The minimum atomic E-state index is 0.140. The number of fused-ring (bicyclic) bond motifs is 1. The van der Waals surface area contributed by atoms with Gasteiger partial charge in [-0.15, -0.1) is 0 Å². The zero-order chi connectivity index (χ0) is 21.5. The van der Waals surface area contributed by atoms with Crippen molar-refractivity contribution >= 4 is 11.6 Å². The van der Waals surface area contributed by atoms with E-state index in [-0.39, 0.29) is 17.8 Å². The molecule has 0 radical (unpaired) electrons. The predicted octanol–water partition coefficient (Wildman–Crippen LogP) is 4.23. The van der Waals surface area contributed by atoms with Crippen LogP contribution in [0.5, 0.6) is 0 Å². The van der Waals surface area contributed by atoms with Crippen LogP contribution in [0.1, 0.15) is 55.3 Å². The molecule has 2 aliphatic heterocycles. The lowest BCUT2D eigenvalue weighted by atomic mass is 9.95. The Bertz CT molecular complexity index is 855. The number of likely N-dealkylation sites (tertiary alicyclic amines) is 1. The average molecular weight is 422 g/mol. The smallest absolute Gasteiger partial charge is 0.130 e. The van der Waals surface area contributed by atoms with Crippen molar-refractivity contribution in [2.75, 3.05) is 38.1 Å². The number of ether oxygens (including phenoxy) is 1. The predicted molar refractivity (Wildman–Crippen MR) is 125 cm³/mol. The number of aromatic nitrogens is 1. The van der Waals surface area contributed by atoms with Crippen LogP contribution in [0.25, 0.3) is 0 Å². The number of pyridine rings is 1. The van der Waals surface area contributed by atoms with Gasteiger partial charge in [-0.3, -0.25) is 0 Å². The molecular formula is C26H35N3O2. The first kappa shape index (κ1) is 22.0. The number of ketones is 1. The lowest BCUT2D eigenvalue weighted by Gasteiger charge is -2.33. The second kappa shape index (κ2) is 10.9. The maximum atomic E-state index is 11.8. The maximum Gasteiger partial charge on any atom is 0.130 e. The molecule has 31 heavy (non-hydrogen) atoms. The van der Waals surface area contributed by atoms with Crippen molar-refractivity contribution in [1.82, 2.24) is 9.88 Å². The molecule has 0 spiro atoms. The van der Waals surface area contributed by atoms with Crippen LogP contribution in [0.3, 0.4) is 0 Å². The summed E-state index contributed by atoms with van der Waals surface area (Å²) in [6, 6.07) is 14.7. The number of carbonyl (C=O) groups is 1. The highest BCUT2D eigenvalue weighted by atomic mass is 16.5. The van der Waals surface area contributed by atoms with Gasteiger partial charge in [0.15, 0.2) is 0 Å². The molecule has 0 saturated carbocycles. The van der Waals surface area contributed by atoms with E-state index in [1.807, 2.05) is 18.2 Å². The largest absolute Gasteiger partial charge is 0.376 e. The fourth-order valence-electron chi connectivity index (χ4n) is 4.73. The van der Waals surface area contributed by atoms with E-state index in [1.54, 1.807) is 6.92 Å². The molecule has 0 amide bonds. The highest BCUT2D eigenvalue weighted by Gasteiger charge is 2.23. The van der Waals surface area contributed by atoms with Crippen LogP contribution < -0.4 is 5.32 Å². The highest BCUT2D eigenvalue weighted by Crippen LogP contribution is 2.23. The fourth-order valence-corrected chi connectivity index (χ4v) is 4.73. The van der Waals surface area contributed by atoms with Crippen molar-refractivity contribution in [3.63, 3.8) is 0 Å². The molecule has 1 saturated heterocycles. The molecule has 1 aromatic heterocycles. The van der Waals surface area contributed by atoms with Crippen LogP contribution >= 0.6 is 0 Å². The molecule has 2 aliphatic rings. The van der Waals surface area contributed by atoms with Gasteiger partial charge in [-0.05, 0) is 56.3 Å². The first-order valence-corrected chi connectivity index (χ1v) is 11.8. The zero-order valence-electron chi connectivity index (χ0n) is 18.7. The summed E-state index contributed by atoms with van der Waals surface area (Å²) in [7, 11) is 0. The molecule has 2 aromatic rings. The molecule has 1 aromatic carbocycles. The summed E-state index contributed by atoms with van der Waals surface area (Å²) in [6.07, 6.45) is 6.34. The highest BCUT2D eigenvalue weighted by molar-refractivity contribution is 5.76. The second-order valence-corrected chi connectivity index (χ2v) is 9.00. The van der Waals surface area contributed by atoms with Crippen molar-refractivity contribution in [2.24, 2.45) is 0 Å². The molecular weight excluding hydrogens is 386 g/mol. The van der Waals surface area contributed by atoms with Crippen LogP contribution in [-0.2, 0) is 22.4 Å². The lowest BCUT2D eigenvalue weighted by molar-refractivity contribution is -0.118. The summed E-state index contributed by atoms with van der Waals surface area (Å²) in [5.74, 6) is 1.44. The molecule has 1 fully saturated rings. The summed E-state index contributed by atoms with van der Waals surface area (Å²) in [6.45, 7) is 6.41. The number of piperidine rings is 1. The van der Waals surface area contributed by atoms with Gasteiger partial charge in [0.1, 0.15) is 11.6 Å². The summed E-state index contributed by atoms with van der Waals surface area (Å²) in [4.78, 5) is 19.1. The van der Waals surface area contributed by atoms with Crippen molar-refractivity contribution in [3.05, 3.63) is 59.3 Å². The third kappa shape index (κ3) is 6.37. The van der Waals surface area contributed by atoms with E-state index in [0.29, 0.717) is 13.0 Å². The van der Waals surface area contributed by atoms with Gasteiger partial charge in [-0.25, -0.2) is 4.98 Å². The number of Topliss-reactive ketones (excluding diaryl/α,β-unsaturated/α-hetero) is 1. The van der Waals surface area contributed by atoms with Gasteiger partial charge in [-0.2, -0.15) is 0 Å². The van der Waals surface area contributed by atoms with Crippen LogP contribution in [0.2, 0.25) is 0 Å². The van der Waals surface area contributed by atoms with E-state index in [1.165, 1.54) is 23.2 Å². The first-order chi connectivity index (χ1) is 15.2. The minimum absolute atomic E-state index is 0.140. The van der Waals surface area contributed by atoms with Gasteiger partial charge >= 0.3 is 0 Å². The molecule has 5 nitrogen and oxygen atoms in total. The maximum absolute atomic E-state index is 11.8. The monoisotopic (exact) mass is 421 g/mol. The number of benzene rings is 1. The van der Waals surface area contributed by atoms with Gasteiger partial charge in [-0.1, -0.05) is 36.4 Å². The Labute approximate surface area is 186 Å². The normalized spacial score (nSPS) is 20.0. The Morgan fingerprint density at radius 1 is 1.23 bits per heavy atom. The number of aryl methyl sites for hydroxylation is 1. The Morgan fingerprint density at radius 3 is 2.94 bits per heavy atom. The van der Waals surface area contributed by atoms with E-state index in [9.17, 15) is 4.79 Å². The van der Waals surface area contributed by atoms with Crippen molar-refractivity contribution < 1.29 is 9.53 Å². The number of carbonyl (C=O) groups excluding carboxylic acids is 1. The van der Waals surface area contributed by atoms with Crippen LogP contribution in [0.15, 0.2) is 42.5 Å². The van der Waals surface area contributed by atoms with E-state index < -0.39 is 0 Å². The van der Waals surface area contributed by atoms with E-state index in [2.05, 4.69) is 34.5 Å². The van der Waals surface area contributed by atoms with Gasteiger partial charge < -0.3 is 19.7 Å². The van der Waals surface area contributed by atoms with Crippen LogP contribution in [0.4, 0.5) is 5.82 Å². The van der Waals surface area contributed by atoms with Crippen molar-refractivity contribution in [1.29, 1.82) is 0 Å². The van der Waals surface area contributed by atoms with Crippen LogP contribution in [-0.4, -0.2) is 54.6 Å². The second-order valence-electron chi connectivity index (χ2n) is 9.00. The molecule has 1 N–H and O–H groups in total. The SMILES string of the molecule is CC(=O)CC(CO[C@@H]1CCCN(CCc2ccc3c(n2)NCCC3)C1)c1ccccc1. The van der Waals surface area contributed by atoms with E-state index in [4.69, 9.17) is 9.72 Å². The number of hydrogen-bond donors (Lipinski definition) is 1. The molecule has 4 rings (SSSR count). The fraction of sp³-hybridized carbons (Fsp3) is 0.538. The Hall–Kier alpha value is -2.24. The average Bonchev–Trinajstić information content (AvgIpc) is 2.81. The van der Waals surface area contributed by atoms with E-state index in [0.717, 1.165) is 57.7 Å². The number of nitrogens with zero attached hydrogens (tertiary/aromatic N) is 2. The quantitative estimate of drug-likeness (QED) is 0.657. The third-order valence-electron chi connectivity index (χ3n) is 6.44. The van der Waals surface area contributed by atoms with Crippen molar-refractivity contribution in [3.8, 4) is 0 Å². The van der Waals surface area contributed by atoms with Gasteiger partial charge in [0.05, 0.1) is 12.7 Å². The number of rotatable bonds is 9. The summed E-state index contributed by atoms with van der Waals surface area (Å²) >= 11 is 0. The standard InChI is InChI=1S/C26H35N3O2/c1-20(30)17-23(21-7-3-2-4-8-21)19-31-25-10-6-15-29(18-25)16-13-24-12-11-22-9-5-14-27-26(22)28-24/h2-4,7-8,11-12,23,25H,5-6,9-10,13-19H2,1H3,(H,27,28)/t23?,25-/m1/s1. The van der Waals surface area contributed by atoms with Crippen LogP contribution in [0, 0.1) is 0 Å². The molecule has 1 unspecified atom stereocenters. The Morgan fingerprint density at radius 2 is 2.10 bits per heavy atom. The Kier molecular flexibility index (Phi) is 7.71. The summed E-state index contributed by atoms with van der Waals surface area (Å²) in [5.41, 5.74) is 3.71. The van der Waals surface area contributed by atoms with Gasteiger partial charge in [0, 0.05) is 44.1 Å². The molecule has 3 heterocycles. The molecule has 166 valence electrons. The minimum Gasteiger partial charge on any atom is -0.376 e. The molecule has 5 heteroatoms. The number of nitrogens with one attached hydrogen (secondary N) is 1. The zero-order valence-corrected chi connectivity index (χ0v) is 18.7. The van der Waals surface area contributed by atoms with Crippen molar-refractivity contribution in [2.45, 2.75) is 57.5 Å². The molecule has 0 aliphatic carbocycles. The Balaban J connectivity index is 1.27. The number of anilines is 1. The van der Waals surface area contributed by atoms with Gasteiger partial charge in [0.25, 0.3) is 0 Å². The first-order valence-electron chi connectivity index (χ1n) is 11.8. The summed E-state index contributed by atoms with van der Waals surface area (Å²) < 4.78 is 6.34. The lowest BCUT2D eigenvalue weighted by Crippen LogP contribution is -2.41. The third-order valence-corrected chi connectivity index (χ3v) is 6.44. The summed E-state index contributed by atoms with van der Waals surface area (Å²) in [5, 5.41) is 3.43.